The van der Waals surface area contributed by atoms with Crippen LogP contribution in [0.2, 0.25) is 0 Å². The van der Waals surface area contributed by atoms with Crippen LogP contribution in [0.4, 0.5) is 39.5 Å². The molecule has 0 unspecified atom stereocenters. The molecule has 10 heteroatoms. The van der Waals surface area contributed by atoms with Crippen molar-refractivity contribution >= 4 is 0 Å². The lowest BCUT2D eigenvalue weighted by Crippen LogP contribution is -2.56. The lowest BCUT2D eigenvalue weighted by molar-refractivity contribution is -0.366. The summed E-state index contributed by atoms with van der Waals surface area (Å²) in [4.78, 5) is 0. The van der Waals surface area contributed by atoms with Crippen LogP contribution in [0.25, 0.3) is 0 Å². The molecule has 0 atom stereocenters. The van der Waals surface area contributed by atoms with Crippen LogP contribution < -0.4 is 0 Å². The molecule has 0 aromatic carbocycles. The third kappa shape index (κ3) is 3.88. The van der Waals surface area contributed by atoms with E-state index in [9.17, 15) is 39.5 Å². The minimum Gasteiger partial charge on any atom is -0.373 e. The molecule has 0 spiro atoms. The van der Waals surface area contributed by atoms with Gasteiger partial charge in [-0.25, -0.2) is 0 Å². The van der Waals surface area contributed by atoms with E-state index >= 15 is 0 Å². The van der Waals surface area contributed by atoms with Crippen molar-refractivity contribution in [3.63, 3.8) is 0 Å². The van der Waals surface area contributed by atoms with Crippen LogP contribution in [-0.4, -0.2) is 29.2 Å². The van der Waals surface area contributed by atoms with Gasteiger partial charge >= 0.3 is 18.5 Å². The highest BCUT2D eigenvalue weighted by atomic mass is 19.4. The van der Waals surface area contributed by atoms with E-state index in [1.807, 2.05) is 0 Å². The van der Waals surface area contributed by atoms with Gasteiger partial charge < -0.3 is 5.11 Å². The summed E-state index contributed by atoms with van der Waals surface area (Å²) in [6.07, 6.45) is -20.2. The molecule has 0 aliphatic heterocycles. The standard InChI is InChI=1S/C9H7F9O/c1-2-5(7(10,11)12)3-4-6(19,8(13,14)15)9(16,17)18/h2-3,19H,1,4H2/b5-3+. The molecule has 0 heterocycles. The maximum atomic E-state index is 12.1. The summed E-state index contributed by atoms with van der Waals surface area (Å²) in [5.74, 6) is 0. The van der Waals surface area contributed by atoms with Crippen LogP contribution in [0.5, 0.6) is 0 Å². The smallest absolute Gasteiger partial charge is 0.373 e. The molecule has 112 valence electrons. The average molecular weight is 302 g/mol. The molecule has 0 rings (SSSR count). The molecule has 0 aromatic rings. The Morgan fingerprint density at radius 2 is 1.26 bits per heavy atom. The molecule has 0 amide bonds. The minimum absolute atomic E-state index is 0.0488. The number of allylic oxidation sites excluding steroid dienone is 2. The first kappa shape index (κ1) is 17.8. The Balaban J connectivity index is 5.53. The maximum absolute atomic E-state index is 12.1. The predicted octanol–water partition coefficient (Wildman–Crippen LogP) is 3.91. The fourth-order valence-electron chi connectivity index (χ4n) is 0.965. The predicted molar refractivity (Wildman–Crippen MR) is 46.0 cm³/mol. The second-order valence-corrected chi connectivity index (χ2v) is 3.42. The van der Waals surface area contributed by atoms with Crippen LogP contribution in [-0.2, 0) is 0 Å². The van der Waals surface area contributed by atoms with Crippen molar-refractivity contribution in [2.24, 2.45) is 0 Å². The van der Waals surface area contributed by atoms with Gasteiger partial charge in [-0.05, 0) is 0 Å². The normalized spacial score (nSPS) is 15.6. The minimum atomic E-state index is -6.17. The van der Waals surface area contributed by atoms with Crippen LogP contribution in [0.15, 0.2) is 24.3 Å². The topological polar surface area (TPSA) is 20.2 Å². The van der Waals surface area contributed by atoms with Crippen molar-refractivity contribution in [2.45, 2.75) is 30.6 Å². The van der Waals surface area contributed by atoms with Crippen molar-refractivity contribution < 1.29 is 44.6 Å². The first-order valence-corrected chi connectivity index (χ1v) is 4.42. The summed E-state index contributed by atoms with van der Waals surface area (Å²) in [6.45, 7) is 2.62. The lowest BCUT2D eigenvalue weighted by Gasteiger charge is -2.31. The number of rotatable bonds is 3. The zero-order valence-electron chi connectivity index (χ0n) is 8.92. The fourth-order valence-corrected chi connectivity index (χ4v) is 0.965. The maximum Gasteiger partial charge on any atom is 0.426 e. The van der Waals surface area contributed by atoms with E-state index in [-0.39, 0.29) is 6.08 Å². The van der Waals surface area contributed by atoms with Crippen molar-refractivity contribution in [3.05, 3.63) is 24.3 Å². The Morgan fingerprint density at radius 1 is 0.895 bits per heavy atom. The molecule has 0 aliphatic rings. The van der Waals surface area contributed by atoms with Gasteiger partial charge in [-0.3, -0.25) is 0 Å². The highest BCUT2D eigenvalue weighted by Crippen LogP contribution is 2.46. The van der Waals surface area contributed by atoms with Gasteiger partial charge in [0.1, 0.15) is 0 Å². The number of hydrogen-bond acceptors (Lipinski definition) is 1. The fraction of sp³-hybridized carbons (Fsp3) is 0.556. The van der Waals surface area contributed by atoms with Crippen LogP contribution in [0.1, 0.15) is 6.42 Å². The summed E-state index contributed by atoms with van der Waals surface area (Å²) in [7, 11) is 0. The second kappa shape index (κ2) is 5.06. The second-order valence-electron chi connectivity index (χ2n) is 3.42. The average Bonchev–Trinajstić information content (AvgIpc) is 2.12. The first-order valence-electron chi connectivity index (χ1n) is 4.42. The van der Waals surface area contributed by atoms with E-state index in [0.717, 1.165) is 0 Å². The van der Waals surface area contributed by atoms with Crippen molar-refractivity contribution in [1.29, 1.82) is 0 Å². The van der Waals surface area contributed by atoms with Crippen molar-refractivity contribution in [2.75, 3.05) is 0 Å². The van der Waals surface area contributed by atoms with E-state index in [1.165, 1.54) is 0 Å². The molecule has 0 saturated heterocycles. The Morgan fingerprint density at radius 3 is 1.47 bits per heavy atom. The Bertz CT molecular complexity index is 343. The largest absolute Gasteiger partial charge is 0.426 e. The Labute approximate surface area is 101 Å². The number of hydrogen-bond donors (Lipinski definition) is 1. The third-order valence-corrected chi connectivity index (χ3v) is 2.10. The van der Waals surface area contributed by atoms with E-state index in [2.05, 4.69) is 6.58 Å². The Kier molecular flexibility index (Phi) is 4.75. The van der Waals surface area contributed by atoms with Crippen molar-refractivity contribution in [1.82, 2.24) is 0 Å². The number of aliphatic hydroxyl groups is 1. The molecular formula is C9H7F9O. The van der Waals surface area contributed by atoms with E-state index in [1.54, 1.807) is 0 Å². The SMILES string of the molecule is C=C/C(=C\CC(O)(C(F)(F)F)C(F)(F)F)C(F)(F)F. The molecule has 0 aromatic heterocycles. The zero-order chi connectivity index (χ0) is 15.7. The molecular weight excluding hydrogens is 295 g/mol. The van der Waals surface area contributed by atoms with E-state index in [4.69, 9.17) is 5.11 Å². The molecule has 0 radical (unpaired) electrons. The van der Waals surface area contributed by atoms with Crippen LogP contribution >= 0.6 is 0 Å². The lowest BCUT2D eigenvalue weighted by atomic mass is 9.96. The summed E-state index contributed by atoms with van der Waals surface area (Å²) < 4.78 is 109. The van der Waals surface area contributed by atoms with E-state index in [0.29, 0.717) is 0 Å². The van der Waals surface area contributed by atoms with Gasteiger partial charge in [-0.2, -0.15) is 39.5 Å². The van der Waals surface area contributed by atoms with Gasteiger partial charge in [0.15, 0.2) is 0 Å². The molecule has 0 bridgehead atoms. The molecule has 0 aliphatic carbocycles. The van der Waals surface area contributed by atoms with Gasteiger partial charge in [0.25, 0.3) is 5.60 Å². The molecule has 1 N–H and O–H groups in total. The highest BCUT2D eigenvalue weighted by molar-refractivity contribution is 5.23. The third-order valence-electron chi connectivity index (χ3n) is 2.10. The van der Waals surface area contributed by atoms with E-state index < -0.39 is 42.2 Å². The molecule has 19 heavy (non-hydrogen) atoms. The molecule has 1 nitrogen and oxygen atoms in total. The van der Waals surface area contributed by atoms with Gasteiger partial charge in [0, 0.05) is 6.42 Å². The highest BCUT2D eigenvalue weighted by Gasteiger charge is 2.69. The summed E-state index contributed by atoms with van der Waals surface area (Å²) in [6, 6.07) is 0. The van der Waals surface area contributed by atoms with Crippen LogP contribution in [0, 0.1) is 0 Å². The Hall–Kier alpha value is -1.19. The number of alkyl halides is 9. The molecule has 0 saturated carbocycles. The van der Waals surface area contributed by atoms with Crippen LogP contribution in [0.3, 0.4) is 0 Å². The van der Waals surface area contributed by atoms with Crippen molar-refractivity contribution in [3.8, 4) is 0 Å². The zero-order valence-corrected chi connectivity index (χ0v) is 8.92. The summed E-state index contributed by atoms with van der Waals surface area (Å²) in [5.41, 5.74) is -7.06. The summed E-state index contributed by atoms with van der Waals surface area (Å²) >= 11 is 0. The molecule has 0 fully saturated rings. The van der Waals surface area contributed by atoms with Gasteiger partial charge in [0.05, 0.1) is 5.57 Å². The summed E-state index contributed by atoms with van der Waals surface area (Å²) in [5, 5.41) is 8.60. The van der Waals surface area contributed by atoms with Gasteiger partial charge in [0.2, 0.25) is 0 Å². The van der Waals surface area contributed by atoms with Gasteiger partial charge in [-0.1, -0.05) is 18.7 Å². The monoisotopic (exact) mass is 302 g/mol. The number of halogens is 9. The first-order chi connectivity index (χ1) is 8.17. The van der Waals surface area contributed by atoms with Gasteiger partial charge in [-0.15, -0.1) is 0 Å². The quantitative estimate of drug-likeness (QED) is 0.619.